The van der Waals surface area contributed by atoms with Crippen molar-refractivity contribution in [3.05, 3.63) is 0 Å². The third-order valence-corrected chi connectivity index (χ3v) is 1.46. The van der Waals surface area contributed by atoms with Gasteiger partial charge in [0.1, 0.15) is 13.2 Å². The first kappa shape index (κ1) is 13.7. The van der Waals surface area contributed by atoms with Crippen molar-refractivity contribution in [2.24, 2.45) is 0 Å². The Morgan fingerprint density at radius 2 is 2.07 bits per heavy atom. The maximum atomic E-state index is 11.2. The molecule has 6 heteroatoms. The third kappa shape index (κ3) is 6.73. The molecular formula is C9H18N2O4. The van der Waals surface area contributed by atoms with Crippen molar-refractivity contribution in [3.8, 4) is 0 Å². The van der Waals surface area contributed by atoms with E-state index in [0.29, 0.717) is 0 Å². The van der Waals surface area contributed by atoms with E-state index in [1.807, 2.05) is 13.8 Å². The number of amides is 2. The summed E-state index contributed by atoms with van der Waals surface area (Å²) in [5, 5.41) is 11.1. The van der Waals surface area contributed by atoms with Gasteiger partial charge >= 0.3 is 6.09 Å². The van der Waals surface area contributed by atoms with Crippen molar-refractivity contribution < 1.29 is 19.4 Å². The molecule has 2 N–H and O–H groups in total. The Kier molecular flexibility index (Phi) is 6.44. The normalized spacial score (nSPS) is 9.93. The number of hydrogen-bond acceptors (Lipinski definition) is 4. The number of nitrogens with zero attached hydrogens (tertiary/aromatic N) is 1. The lowest BCUT2D eigenvalue weighted by molar-refractivity contribution is -0.122. The summed E-state index contributed by atoms with van der Waals surface area (Å²) in [5.74, 6) is -0.242. The van der Waals surface area contributed by atoms with Gasteiger partial charge in [0.25, 0.3) is 0 Å². The minimum absolute atomic E-state index is 0.0411. The van der Waals surface area contributed by atoms with Crippen molar-refractivity contribution in [1.82, 2.24) is 10.2 Å². The lowest BCUT2D eigenvalue weighted by Crippen LogP contribution is -2.41. The molecule has 6 nitrogen and oxygen atoms in total. The van der Waals surface area contributed by atoms with Crippen LogP contribution in [-0.4, -0.2) is 54.9 Å². The zero-order valence-corrected chi connectivity index (χ0v) is 9.32. The smallest absolute Gasteiger partial charge is 0.410 e. The second kappa shape index (κ2) is 7.05. The SMILES string of the molecule is CC(C)NC(=O)CN(C)C(=O)OCCO. The van der Waals surface area contributed by atoms with Crippen LogP contribution in [0.4, 0.5) is 4.79 Å². The fourth-order valence-corrected chi connectivity index (χ4v) is 0.891. The molecule has 0 aromatic carbocycles. The number of aliphatic hydroxyl groups excluding tert-OH is 1. The Balaban J connectivity index is 3.85. The minimum Gasteiger partial charge on any atom is -0.447 e. The van der Waals surface area contributed by atoms with E-state index in [9.17, 15) is 9.59 Å². The van der Waals surface area contributed by atoms with Crippen LogP contribution in [0.15, 0.2) is 0 Å². The van der Waals surface area contributed by atoms with Crippen molar-refractivity contribution in [2.75, 3.05) is 26.8 Å². The molecule has 0 radical (unpaired) electrons. The fraction of sp³-hybridized carbons (Fsp3) is 0.778. The molecule has 0 heterocycles. The highest BCUT2D eigenvalue weighted by molar-refractivity contribution is 5.82. The Labute approximate surface area is 89.2 Å². The Morgan fingerprint density at radius 3 is 2.53 bits per heavy atom. The highest BCUT2D eigenvalue weighted by Crippen LogP contribution is 1.90. The van der Waals surface area contributed by atoms with E-state index >= 15 is 0 Å². The van der Waals surface area contributed by atoms with E-state index in [1.165, 1.54) is 7.05 Å². The highest BCUT2D eigenvalue weighted by Gasteiger charge is 2.13. The van der Waals surface area contributed by atoms with E-state index in [4.69, 9.17) is 5.11 Å². The molecule has 15 heavy (non-hydrogen) atoms. The average Bonchev–Trinajstić information content (AvgIpc) is 2.12. The van der Waals surface area contributed by atoms with Crippen molar-refractivity contribution in [2.45, 2.75) is 19.9 Å². The van der Waals surface area contributed by atoms with Gasteiger partial charge < -0.3 is 20.1 Å². The van der Waals surface area contributed by atoms with Gasteiger partial charge in [0, 0.05) is 13.1 Å². The zero-order chi connectivity index (χ0) is 11.8. The lowest BCUT2D eigenvalue weighted by Gasteiger charge is -2.17. The number of nitrogens with one attached hydrogen (secondary N) is 1. The molecule has 0 aromatic heterocycles. The number of rotatable bonds is 5. The fourth-order valence-electron chi connectivity index (χ4n) is 0.891. The minimum atomic E-state index is -0.622. The summed E-state index contributed by atoms with van der Waals surface area (Å²) in [4.78, 5) is 23.5. The van der Waals surface area contributed by atoms with Crippen LogP contribution in [0, 0.1) is 0 Å². The van der Waals surface area contributed by atoms with Gasteiger partial charge in [-0.3, -0.25) is 4.79 Å². The third-order valence-electron chi connectivity index (χ3n) is 1.46. The molecule has 0 spiro atoms. The number of carbonyl (C=O) groups excluding carboxylic acids is 2. The maximum absolute atomic E-state index is 11.2. The van der Waals surface area contributed by atoms with Gasteiger partial charge in [0.2, 0.25) is 5.91 Å². The van der Waals surface area contributed by atoms with E-state index in [-0.39, 0.29) is 31.7 Å². The summed E-state index contributed by atoms with van der Waals surface area (Å²) in [6.45, 7) is 3.33. The second-order valence-corrected chi connectivity index (χ2v) is 3.42. The Hall–Kier alpha value is -1.30. The van der Waals surface area contributed by atoms with Crippen LogP contribution >= 0.6 is 0 Å². The molecule has 0 saturated carbocycles. The first-order chi connectivity index (χ1) is 6.97. The monoisotopic (exact) mass is 218 g/mol. The molecule has 0 aliphatic heterocycles. The van der Waals surface area contributed by atoms with Gasteiger partial charge in [-0.1, -0.05) is 0 Å². The summed E-state index contributed by atoms with van der Waals surface area (Å²) in [7, 11) is 1.46. The largest absolute Gasteiger partial charge is 0.447 e. The standard InChI is InChI=1S/C9H18N2O4/c1-7(2)10-8(13)6-11(3)9(14)15-5-4-12/h7,12H,4-6H2,1-3H3,(H,10,13). The van der Waals surface area contributed by atoms with Crippen LogP contribution in [0.1, 0.15) is 13.8 Å². The molecule has 0 fully saturated rings. The second-order valence-electron chi connectivity index (χ2n) is 3.42. The van der Waals surface area contributed by atoms with Crippen molar-refractivity contribution in [3.63, 3.8) is 0 Å². The van der Waals surface area contributed by atoms with E-state index in [2.05, 4.69) is 10.1 Å². The number of aliphatic hydroxyl groups is 1. The van der Waals surface area contributed by atoms with Crippen LogP contribution in [0.3, 0.4) is 0 Å². The Morgan fingerprint density at radius 1 is 1.47 bits per heavy atom. The lowest BCUT2D eigenvalue weighted by atomic mass is 10.4. The van der Waals surface area contributed by atoms with Gasteiger partial charge in [0.05, 0.1) is 6.61 Å². The van der Waals surface area contributed by atoms with Gasteiger partial charge in [-0.05, 0) is 13.8 Å². The molecule has 0 bridgehead atoms. The number of carbonyl (C=O) groups is 2. The number of hydrogen-bond donors (Lipinski definition) is 2. The van der Waals surface area contributed by atoms with Crippen molar-refractivity contribution in [1.29, 1.82) is 0 Å². The molecule has 0 atom stereocenters. The zero-order valence-electron chi connectivity index (χ0n) is 9.32. The summed E-state index contributed by atoms with van der Waals surface area (Å²) in [6, 6.07) is 0.0411. The molecule has 88 valence electrons. The number of likely N-dealkylation sites (N-methyl/N-ethyl adjacent to an activating group) is 1. The molecule has 2 amide bonds. The van der Waals surface area contributed by atoms with Crippen LogP contribution in [0.2, 0.25) is 0 Å². The summed E-state index contributed by atoms with van der Waals surface area (Å²) >= 11 is 0. The van der Waals surface area contributed by atoms with Gasteiger partial charge in [-0.2, -0.15) is 0 Å². The predicted molar refractivity (Wildman–Crippen MR) is 54.3 cm³/mol. The van der Waals surface area contributed by atoms with Crippen LogP contribution in [0.5, 0.6) is 0 Å². The van der Waals surface area contributed by atoms with Crippen LogP contribution < -0.4 is 5.32 Å². The maximum Gasteiger partial charge on any atom is 0.410 e. The molecule has 0 aliphatic carbocycles. The Bertz CT molecular complexity index is 218. The molecular weight excluding hydrogens is 200 g/mol. The quantitative estimate of drug-likeness (QED) is 0.656. The first-order valence-electron chi connectivity index (χ1n) is 4.75. The average molecular weight is 218 g/mol. The summed E-state index contributed by atoms with van der Waals surface area (Å²) < 4.78 is 4.62. The number of ether oxygens (including phenoxy) is 1. The van der Waals surface area contributed by atoms with Gasteiger partial charge in [-0.25, -0.2) is 4.79 Å². The predicted octanol–water partition coefficient (Wildman–Crippen LogP) is -0.428. The van der Waals surface area contributed by atoms with E-state index in [0.717, 1.165) is 4.90 Å². The molecule has 0 aliphatic rings. The van der Waals surface area contributed by atoms with Gasteiger partial charge in [-0.15, -0.1) is 0 Å². The van der Waals surface area contributed by atoms with Crippen LogP contribution in [-0.2, 0) is 9.53 Å². The first-order valence-corrected chi connectivity index (χ1v) is 4.75. The van der Waals surface area contributed by atoms with Crippen LogP contribution in [0.25, 0.3) is 0 Å². The van der Waals surface area contributed by atoms with E-state index < -0.39 is 6.09 Å². The summed E-state index contributed by atoms with van der Waals surface area (Å²) in [6.07, 6.45) is -0.622. The topological polar surface area (TPSA) is 78.9 Å². The molecule has 0 rings (SSSR count). The molecule has 0 unspecified atom stereocenters. The van der Waals surface area contributed by atoms with Gasteiger partial charge in [0.15, 0.2) is 0 Å². The van der Waals surface area contributed by atoms with E-state index in [1.54, 1.807) is 0 Å². The molecule has 0 aromatic rings. The summed E-state index contributed by atoms with van der Waals surface area (Å²) in [5.41, 5.74) is 0. The van der Waals surface area contributed by atoms with Crippen molar-refractivity contribution >= 4 is 12.0 Å². The highest BCUT2D eigenvalue weighted by atomic mass is 16.6. The molecule has 0 saturated heterocycles.